The van der Waals surface area contributed by atoms with Crippen LogP contribution >= 0.6 is 0 Å². The van der Waals surface area contributed by atoms with Crippen molar-refractivity contribution in [3.8, 4) is 0 Å². The predicted octanol–water partition coefficient (Wildman–Crippen LogP) is 3.31. The fraction of sp³-hybridized carbons (Fsp3) is 0.316. The minimum atomic E-state index is -0.274. The zero-order valence-corrected chi connectivity index (χ0v) is 13.7. The number of hydrogen-bond donors (Lipinski definition) is 2. The molecule has 3 rings (SSSR count). The Hall–Kier alpha value is -2.69. The quantitative estimate of drug-likeness (QED) is 0.907. The molecule has 0 saturated heterocycles. The highest BCUT2D eigenvalue weighted by molar-refractivity contribution is 6.08. The normalized spacial score (nSPS) is 14.4. The van der Waals surface area contributed by atoms with Crippen LogP contribution in [0, 0.1) is 6.92 Å². The third-order valence-corrected chi connectivity index (χ3v) is 4.28. The van der Waals surface area contributed by atoms with Crippen molar-refractivity contribution in [3.63, 3.8) is 0 Å². The Morgan fingerprint density at radius 3 is 2.50 bits per heavy atom. The van der Waals surface area contributed by atoms with Gasteiger partial charge in [-0.05, 0) is 44.0 Å². The summed E-state index contributed by atoms with van der Waals surface area (Å²) in [5.74, 6) is -0.413. The van der Waals surface area contributed by atoms with Crippen LogP contribution in [-0.4, -0.2) is 22.8 Å². The summed E-state index contributed by atoms with van der Waals surface area (Å²) >= 11 is 0. The SMILES string of the molecule is Cc1ccc(C(=O)Nc2ccccc2C(=O)NC2CCCC2)cn1. The number of nitrogens with one attached hydrogen (secondary N) is 2. The highest BCUT2D eigenvalue weighted by Crippen LogP contribution is 2.20. The van der Waals surface area contributed by atoms with Crippen molar-refractivity contribution in [1.29, 1.82) is 0 Å². The number of benzene rings is 1. The largest absolute Gasteiger partial charge is 0.349 e. The van der Waals surface area contributed by atoms with Gasteiger partial charge in [0.15, 0.2) is 0 Å². The molecule has 5 nitrogen and oxygen atoms in total. The molecule has 1 heterocycles. The number of nitrogens with zero attached hydrogens (tertiary/aromatic N) is 1. The van der Waals surface area contributed by atoms with Crippen molar-refractivity contribution in [2.45, 2.75) is 38.6 Å². The number of pyridine rings is 1. The van der Waals surface area contributed by atoms with Crippen molar-refractivity contribution < 1.29 is 9.59 Å². The van der Waals surface area contributed by atoms with Crippen LogP contribution in [0.5, 0.6) is 0 Å². The van der Waals surface area contributed by atoms with Crippen LogP contribution in [0.3, 0.4) is 0 Å². The molecule has 0 spiro atoms. The molecule has 1 fully saturated rings. The number of hydrogen-bond acceptors (Lipinski definition) is 3. The molecule has 1 aliphatic carbocycles. The van der Waals surface area contributed by atoms with Gasteiger partial charge >= 0.3 is 0 Å². The lowest BCUT2D eigenvalue weighted by atomic mass is 10.1. The van der Waals surface area contributed by atoms with Gasteiger partial charge in [0.2, 0.25) is 0 Å². The molecule has 2 N–H and O–H groups in total. The van der Waals surface area contributed by atoms with Gasteiger partial charge < -0.3 is 10.6 Å². The average Bonchev–Trinajstić information content (AvgIpc) is 3.09. The van der Waals surface area contributed by atoms with E-state index in [9.17, 15) is 9.59 Å². The zero-order valence-electron chi connectivity index (χ0n) is 13.7. The number of anilines is 1. The van der Waals surface area contributed by atoms with Gasteiger partial charge in [-0.2, -0.15) is 0 Å². The van der Waals surface area contributed by atoms with E-state index in [1.165, 1.54) is 6.20 Å². The smallest absolute Gasteiger partial charge is 0.257 e. The second-order valence-corrected chi connectivity index (χ2v) is 6.14. The minimum Gasteiger partial charge on any atom is -0.349 e. The van der Waals surface area contributed by atoms with Gasteiger partial charge in [-0.25, -0.2) is 0 Å². The summed E-state index contributed by atoms with van der Waals surface area (Å²) in [4.78, 5) is 29.0. The van der Waals surface area contributed by atoms with E-state index in [0.29, 0.717) is 16.8 Å². The Morgan fingerprint density at radius 2 is 1.79 bits per heavy atom. The monoisotopic (exact) mass is 323 g/mol. The van der Waals surface area contributed by atoms with Gasteiger partial charge in [-0.15, -0.1) is 0 Å². The number of para-hydroxylation sites is 1. The fourth-order valence-electron chi connectivity index (χ4n) is 2.92. The number of aryl methyl sites for hydroxylation is 1. The first-order chi connectivity index (χ1) is 11.6. The summed E-state index contributed by atoms with van der Waals surface area (Å²) in [5, 5.41) is 5.87. The Kier molecular flexibility index (Phi) is 4.89. The number of amides is 2. The zero-order chi connectivity index (χ0) is 16.9. The third kappa shape index (κ3) is 3.79. The predicted molar refractivity (Wildman–Crippen MR) is 93.1 cm³/mol. The molecule has 0 radical (unpaired) electrons. The summed E-state index contributed by atoms with van der Waals surface area (Å²) in [6.07, 6.45) is 5.89. The van der Waals surface area contributed by atoms with E-state index in [1.54, 1.807) is 36.4 Å². The molecule has 0 unspecified atom stereocenters. The Morgan fingerprint density at radius 1 is 1.04 bits per heavy atom. The molecular formula is C19H21N3O2. The van der Waals surface area contributed by atoms with E-state index >= 15 is 0 Å². The maximum absolute atomic E-state index is 12.5. The number of carbonyl (C=O) groups is 2. The van der Waals surface area contributed by atoms with E-state index in [0.717, 1.165) is 31.4 Å². The van der Waals surface area contributed by atoms with E-state index in [1.807, 2.05) is 6.92 Å². The molecule has 0 aliphatic heterocycles. The number of carbonyl (C=O) groups excluding carboxylic acids is 2. The molecule has 0 bridgehead atoms. The highest BCUT2D eigenvalue weighted by Gasteiger charge is 2.20. The molecule has 2 aromatic rings. The Bertz CT molecular complexity index is 735. The third-order valence-electron chi connectivity index (χ3n) is 4.28. The molecular weight excluding hydrogens is 302 g/mol. The highest BCUT2D eigenvalue weighted by atomic mass is 16.2. The van der Waals surface area contributed by atoms with E-state index < -0.39 is 0 Å². The van der Waals surface area contributed by atoms with E-state index in [2.05, 4.69) is 15.6 Å². The average molecular weight is 323 g/mol. The van der Waals surface area contributed by atoms with Crippen molar-refractivity contribution in [2.24, 2.45) is 0 Å². The first kappa shape index (κ1) is 16.2. The van der Waals surface area contributed by atoms with Crippen LogP contribution in [0.25, 0.3) is 0 Å². The topological polar surface area (TPSA) is 71.1 Å². The van der Waals surface area contributed by atoms with Crippen LogP contribution in [0.4, 0.5) is 5.69 Å². The fourth-order valence-corrected chi connectivity index (χ4v) is 2.92. The maximum Gasteiger partial charge on any atom is 0.257 e. The summed E-state index contributed by atoms with van der Waals surface area (Å²) in [5.41, 5.74) is 2.31. The molecule has 2 amide bonds. The second kappa shape index (κ2) is 7.25. The van der Waals surface area contributed by atoms with Crippen LogP contribution < -0.4 is 10.6 Å². The van der Waals surface area contributed by atoms with E-state index in [4.69, 9.17) is 0 Å². The molecule has 24 heavy (non-hydrogen) atoms. The lowest BCUT2D eigenvalue weighted by Crippen LogP contribution is -2.33. The van der Waals surface area contributed by atoms with Crippen LogP contribution in [0.15, 0.2) is 42.6 Å². The summed E-state index contributed by atoms with van der Waals surface area (Å²) in [6.45, 7) is 1.87. The van der Waals surface area contributed by atoms with Gasteiger partial charge in [0.25, 0.3) is 11.8 Å². The van der Waals surface area contributed by atoms with Crippen molar-refractivity contribution in [2.75, 3.05) is 5.32 Å². The second-order valence-electron chi connectivity index (χ2n) is 6.14. The van der Waals surface area contributed by atoms with Crippen molar-refractivity contribution >= 4 is 17.5 Å². The van der Waals surface area contributed by atoms with E-state index in [-0.39, 0.29) is 17.9 Å². The molecule has 0 atom stereocenters. The summed E-state index contributed by atoms with van der Waals surface area (Å²) in [7, 11) is 0. The van der Waals surface area contributed by atoms with Gasteiger partial charge in [-0.1, -0.05) is 25.0 Å². The van der Waals surface area contributed by atoms with Crippen LogP contribution in [0.2, 0.25) is 0 Å². The molecule has 5 heteroatoms. The molecule has 124 valence electrons. The number of rotatable bonds is 4. The Balaban J connectivity index is 1.74. The maximum atomic E-state index is 12.5. The minimum absolute atomic E-state index is 0.139. The van der Waals surface area contributed by atoms with Gasteiger partial charge in [0.1, 0.15) is 0 Å². The molecule has 1 saturated carbocycles. The van der Waals surface area contributed by atoms with Crippen molar-refractivity contribution in [3.05, 3.63) is 59.4 Å². The van der Waals surface area contributed by atoms with Gasteiger partial charge in [0.05, 0.1) is 16.8 Å². The lowest BCUT2D eigenvalue weighted by Gasteiger charge is -2.15. The first-order valence-corrected chi connectivity index (χ1v) is 8.27. The number of aromatic nitrogens is 1. The Labute approximate surface area is 141 Å². The lowest BCUT2D eigenvalue weighted by molar-refractivity contribution is 0.0939. The summed E-state index contributed by atoms with van der Waals surface area (Å²) < 4.78 is 0. The van der Waals surface area contributed by atoms with Gasteiger partial charge in [-0.3, -0.25) is 14.6 Å². The van der Waals surface area contributed by atoms with Gasteiger partial charge in [0, 0.05) is 17.9 Å². The van der Waals surface area contributed by atoms with Crippen molar-refractivity contribution in [1.82, 2.24) is 10.3 Å². The standard InChI is InChI=1S/C19H21N3O2/c1-13-10-11-14(12-20-13)18(23)22-17-9-5-4-8-16(17)19(24)21-15-6-2-3-7-15/h4-5,8-12,15H,2-3,6-7H2,1H3,(H,21,24)(H,22,23). The molecule has 1 aromatic carbocycles. The first-order valence-electron chi connectivity index (χ1n) is 8.27. The molecule has 1 aliphatic rings. The summed E-state index contributed by atoms with van der Waals surface area (Å²) in [6, 6.07) is 10.8. The van der Waals surface area contributed by atoms with Crippen LogP contribution in [0.1, 0.15) is 52.1 Å². The molecule has 1 aromatic heterocycles. The van der Waals surface area contributed by atoms with Crippen LogP contribution in [-0.2, 0) is 0 Å².